The lowest BCUT2D eigenvalue weighted by Gasteiger charge is -2.04. The number of rotatable bonds is 2. The van der Waals surface area contributed by atoms with Crippen molar-refractivity contribution in [3.8, 4) is 11.1 Å². The standard InChI is InChI=1S/C13H7Cl3O/c14-11-6-5-10(7-12(11)15)8-1-3-9(4-2-8)13(16)17/h1-7H. The molecule has 2 rings (SSSR count). The number of hydrogen-bond donors (Lipinski definition) is 0. The molecule has 0 amide bonds. The van der Waals surface area contributed by atoms with Crippen LogP contribution < -0.4 is 0 Å². The van der Waals surface area contributed by atoms with Crippen molar-refractivity contribution >= 4 is 40.0 Å². The Morgan fingerprint density at radius 1 is 0.824 bits per heavy atom. The van der Waals surface area contributed by atoms with Crippen LogP contribution in [0.25, 0.3) is 11.1 Å². The largest absolute Gasteiger partial charge is 0.276 e. The highest BCUT2D eigenvalue weighted by Gasteiger charge is 2.04. The van der Waals surface area contributed by atoms with Gasteiger partial charge in [0.2, 0.25) is 0 Å². The minimum atomic E-state index is -0.467. The van der Waals surface area contributed by atoms with E-state index in [1.54, 1.807) is 24.3 Å². The Hall–Kier alpha value is -1.02. The average molecular weight is 286 g/mol. The second kappa shape index (κ2) is 5.09. The monoisotopic (exact) mass is 284 g/mol. The Morgan fingerprint density at radius 2 is 1.41 bits per heavy atom. The lowest BCUT2D eigenvalue weighted by molar-refractivity contribution is 0.108. The summed E-state index contributed by atoms with van der Waals surface area (Å²) in [4.78, 5) is 10.9. The highest BCUT2D eigenvalue weighted by atomic mass is 35.5. The lowest BCUT2D eigenvalue weighted by atomic mass is 10.0. The Bertz CT molecular complexity index is 561. The van der Waals surface area contributed by atoms with E-state index in [9.17, 15) is 4.79 Å². The minimum Gasteiger partial charge on any atom is -0.276 e. The van der Waals surface area contributed by atoms with Gasteiger partial charge in [0.25, 0.3) is 5.24 Å². The Balaban J connectivity index is 2.39. The topological polar surface area (TPSA) is 17.1 Å². The van der Waals surface area contributed by atoms with Gasteiger partial charge < -0.3 is 0 Å². The van der Waals surface area contributed by atoms with E-state index < -0.39 is 5.24 Å². The summed E-state index contributed by atoms with van der Waals surface area (Å²) in [6.45, 7) is 0. The van der Waals surface area contributed by atoms with E-state index in [-0.39, 0.29) is 0 Å². The van der Waals surface area contributed by atoms with Crippen molar-refractivity contribution in [2.75, 3.05) is 0 Å². The molecule has 0 aromatic heterocycles. The number of hydrogen-bond acceptors (Lipinski definition) is 1. The van der Waals surface area contributed by atoms with Gasteiger partial charge in [0.1, 0.15) is 0 Å². The van der Waals surface area contributed by atoms with E-state index in [2.05, 4.69) is 0 Å². The predicted molar refractivity (Wildman–Crippen MR) is 72.1 cm³/mol. The van der Waals surface area contributed by atoms with Crippen LogP contribution in [0, 0.1) is 0 Å². The summed E-state index contributed by atoms with van der Waals surface area (Å²) in [5, 5.41) is 0.551. The molecule has 4 heteroatoms. The SMILES string of the molecule is O=C(Cl)c1ccc(-c2ccc(Cl)c(Cl)c2)cc1. The molecule has 0 fully saturated rings. The van der Waals surface area contributed by atoms with Gasteiger partial charge in [0.05, 0.1) is 10.0 Å². The summed E-state index contributed by atoms with van der Waals surface area (Å²) in [5.41, 5.74) is 2.36. The van der Waals surface area contributed by atoms with Crippen LogP contribution in [-0.4, -0.2) is 5.24 Å². The molecule has 86 valence electrons. The van der Waals surface area contributed by atoms with Gasteiger partial charge in [-0.1, -0.05) is 41.4 Å². The van der Waals surface area contributed by atoms with Gasteiger partial charge in [-0.15, -0.1) is 0 Å². The molecule has 0 saturated heterocycles. The van der Waals surface area contributed by atoms with E-state index in [0.29, 0.717) is 15.6 Å². The van der Waals surface area contributed by atoms with E-state index >= 15 is 0 Å². The van der Waals surface area contributed by atoms with Crippen molar-refractivity contribution in [3.05, 3.63) is 58.1 Å². The number of benzene rings is 2. The van der Waals surface area contributed by atoms with Crippen LogP contribution in [0.4, 0.5) is 0 Å². The van der Waals surface area contributed by atoms with Crippen molar-refractivity contribution in [1.29, 1.82) is 0 Å². The molecule has 2 aromatic carbocycles. The lowest BCUT2D eigenvalue weighted by Crippen LogP contribution is -1.87. The third-order valence-electron chi connectivity index (χ3n) is 2.36. The second-order valence-corrected chi connectivity index (χ2v) is 4.64. The molecule has 1 nitrogen and oxygen atoms in total. The van der Waals surface area contributed by atoms with E-state index in [0.717, 1.165) is 11.1 Å². The molecule has 0 bridgehead atoms. The molecule has 0 aliphatic carbocycles. The molecule has 0 spiro atoms. The summed E-state index contributed by atoms with van der Waals surface area (Å²) >= 11 is 17.1. The molecule has 0 heterocycles. The van der Waals surface area contributed by atoms with Crippen molar-refractivity contribution in [2.45, 2.75) is 0 Å². The maximum atomic E-state index is 10.9. The number of carbonyl (C=O) groups is 1. The highest BCUT2D eigenvalue weighted by Crippen LogP contribution is 2.28. The first-order chi connectivity index (χ1) is 8.08. The molecule has 17 heavy (non-hydrogen) atoms. The molecule has 0 atom stereocenters. The first-order valence-corrected chi connectivity index (χ1v) is 5.96. The van der Waals surface area contributed by atoms with Crippen molar-refractivity contribution in [3.63, 3.8) is 0 Å². The second-order valence-electron chi connectivity index (χ2n) is 3.48. The first-order valence-electron chi connectivity index (χ1n) is 4.83. The summed E-state index contributed by atoms with van der Waals surface area (Å²) in [5.74, 6) is 0. The molecule has 0 radical (unpaired) electrons. The van der Waals surface area contributed by atoms with Gasteiger partial charge >= 0.3 is 0 Å². The van der Waals surface area contributed by atoms with Crippen molar-refractivity contribution in [1.82, 2.24) is 0 Å². The molecule has 2 aromatic rings. The van der Waals surface area contributed by atoms with E-state index in [4.69, 9.17) is 34.8 Å². The highest BCUT2D eigenvalue weighted by molar-refractivity contribution is 6.67. The zero-order valence-corrected chi connectivity index (χ0v) is 10.9. The first kappa shape index (κ1) is 12.4. The van der Waals surface area contributed by atoms with Crippen LogP contribution in [0.3, 0.4) is 0 Å². The quantitative estimate of drug-likeness (QED) is 0.707. The fourth-order valence-corrected chi connectivity index (χ4v) is 1.89. The van der Waals surface area contributed by atoms with Gasteiger partial charge in [0.15, 0.2) is 0 Å². The van der Waals surface area contributed by atoms with Crippen LogP contribution in [0.2, 0.25) is 10.0 Å². The van der Waals surface area contributed by atoms with Crippen LogP contribution in [0.15, 0.2) is 42.5 Å². The Labute approximate surface area is 114 Å². The number of carbonyl (C=O) groups excluding carboxylic acids is 1. The van der Waals surface area contributed by atoms with Gasteiger partial charge in [-0.2, -0.15) is 0 Å². The molecule has 0 aliphatic heterocycles. The molecule has 0 aliphatic rings. The third-order valence-corrected chi connectivity index (χ3v) is 3.32. The minimum absolute atomic E-state index is 0.467. The maximum absolute atomic E-state index is 10.9. The van der Waals surface area contributed by atoms with E-state index in [1.165, 1.54) is 0 Å². The van der Waals surface area contributed by atoms with Crippen molar-refractivity contribution < 1.29 is 4.79 Å². The summed E-state index contributed by atoms with van der Waals surface area (Å²) in [6, 6.07) is 12.4. The molecular weight excluding hydrogens is 279 g/mol. The molecular formula is C13H7Cl3O. The van der Waals surface area contributed by atoms with E-state index in [1.807, 2.05) is 18.2 Å². The predicted octanol–water partition coefficient (Wildman–Crippen LogP) is 5.04. The fourth-order valence-electron chi connectivity index (χ4n) is 1.47. The average Bonchev–Trinajstić information content (AvgIpc) is 2.33. The van der Waals surface area contributed by atoms with Gasteiger partial charge in [-0.05, 0) is 47.0 Å². The van der Waals surface area contributed by atoms with Crippen molar-refractivity contribution in [2.24, 2.45) is 0 Å². The van der Waals surface area contributed by atoms with Gasteiger partial charge in [-0.25, -0.2) is 0 Å². The zero-order chi connectivity index (χ0) is 12.4. The Kier molecular flexibility index (Phi) is 3.72. The van der Waals surface area contributed by atoms with Crippen LogP contribution in [0.1, 0.15) is 10.4 Å². The Morgan fingerprint density at radius 3 is 1.94 bits per heavy atom. The van der Waals surface area contributed by atoms with Crippen LogP contribution in [0.5, 0.6) is 0 Å². The molecule has 0 saturated carbocycles. The normalized spacial score (nSPS) is 10.3. The number of halogens is 3. The van der Waals surface area contributed by atoms with Crippen LogP contribution in [-0.2, 0) is 0 Å². The summed E-state index contributed by atoms with van der Waals surface area (Å²) in [7, 11) is 0. The van der Waals surface area contributed by atoms with Gasteiger partial charge in [0, 0.05) is 5.56 Å². The van der Waals surface area contributed by atoms with Crippen LogP contribution >= 0.6 is 34.8 Å². The fraction of sp³-hybridized carbons (Fsp3) is 0. The smallest absolute Gasteiger partial charge is 0.252 e. The maximum Gasteiger partial charge on any atom is 0.252 e. The zero-order valence-electron chi connectivity index (χ0n) is 8.58. The summed E-state index contributed by atoms with van der Waals surface area (Å²) in [6.07, 6.45) is 0. The molecule has 0 unspecified atom stereocenters. The summed E-state index contributed by atoms with van der Waals surface area (Å²) < 4.78 is 0. The van der Waals surface area contributed by atoms with Gasteiger partial charge in [-0.3, -0.25) is 4.79 Å². The molecule has 0 N–H and O–H groups in total. The third kappa shape index (κ3) is 2.81.